The van der Waals surface area contributed by atoms with E-state index in [4.69, 9.17) is 9.47 Å². The van der Waals surface area contributed by atoms with E-state index in [1.54, 1.807) is 26.4 Å². The summed E-state index contributed by atoms with van der Waals surface area (Å²) in [5.74, 6) is 1.29. The van der Waals surface area contributed by atoms with Crippen molar-refractivity contribution in [3.8, 4) is 11.5 Å². The molecule has 1 amide bonds. The van der Waals surface area contributed by atoms with Crippen LogP contribution >= 0.6 is 0 Å². The second-order valence-corrected chi connectivity index (χ2v) is 7.95. The van der Waals surface area contributed by atoms with Gasteiger partial charge in [-0.25, -0.2) is 4.98 Å². The van der Waals surface area contributed by atoms with E-state index in [-0.39, 0.29) is 18.0 Å². The molecule has 0 bridgehead atoms. The first kappa shape index (κ1) is 21.4. The standard InChI is InChI=1S/C24H26N4O4/c1-14(2)16-7-5-15(6-8-16)11-25-21(29)12-28-13-26-22-17-9-19(31-3)20(32-4)10-18(17)27-23(22)24(28)30/h5-10,13-14,27H,11-12H2,1-4H3,(H,25,29). The maximum absolute atomic E-state index is 13.0. The van der Waals surface area contributed by atoms with E-state index in [1.807, 2.05) is 12.1 Å². The Labute approximate surface area is 185 Å². The quantitative estimate of drug-likeness (QED) is 0.465. The van der Waals surface area contributed by atoms with Gasteiger partial charge in [-0.15, -0.1) is 0 Å². The molecule has 0 unspecified atom stereocenters. The zero-order chi connectivity index (χ0) is 22.8. The summed E-state index contributed by atoms with van der Waals surface area (Å²) in [7, 11) is 3.10. The molecule has 0 saturated carbocycles. The van der Waals surface area contributed by atoms with Gasteiger partial charge in [-0.05, 0) is 23.1 Å². The molecule has 2 aromatic carbocycles. The number of aromatic nitrogens is 3. The Balaban J connectivity index is 1.54. The Bertz CT molecular complexity index is 1340. The molecule has 0 spiro atoms. The third-order valence-corrected chi connectivity index (χ3v) is 5.53. The Kier molecular flexibility index (Phi) is 5.85. The number of fused-ring (bicyclic) bond motifs is 3. The molecule has 0 aliphatic heterocycles. The Hall–Kier alpha value is -3.81. The van der Waals surface area contributed by atoms with Crippen LogP contribution in [0.25, 0.3) is 21.9 Å². The maximum Gasteiger partial charge on any atom is 0.278 e. The predicted octanol–water partition coefficient (Wildman–Crippen LogP) is 3.33. The number of carbonyl (C=O) groups is 1. The Morgan fingerprint density at radius 1 is 1.12 bits per heavy atom. The molecule has 2 N–H and O–H groups in total. The van der Waals surface area contributed by atoms with Gasteiger partial charge in [0, 0.05) is 18.0 Å². The van der Waals surface area contributed by atoms with Crippen LogP contribution in [0.15, 0.2) is 47.5 Å². The smallest absolute Gasteiger partial charge is 0.278 e. The first-order valence-electron chi connectivity index (χ1n) is 10.4. The van der Waals surface area contributed by atoms with Crippen LogP contribution in [-0.2, 0) is 17.9 Å². The number of hydrogen-bond acceptors (Lipinski definition) is 5. The third-order valence-electron chi connectivity index (χ3n) is 5.53. The zero-order valence-corrected chi connectivity index (χ0v) is 18.6. The van der Waals surface area contributed by atoms with Gasteiger partial charge in [-0.2, -0.15) is 0 Å². The molecule has 2 heterocycles. The normalized spacial score (nSPS) is 11.3. The molecular formula is C24H26N4O4. The topological polar surface area (TPSA) is 98.2 Å². The van der Waals surface area contributed by atoms with Crippen LogP contribution in [0.4, 0.5) is 0 Å². The highest BCUT2D eigenvalue weighted by molar-refractivity contribution is 6.05. The molecule has 4 rings (SSSR count). The molecule has 32 heavy (non-hydrogen) atoms. The molecule has 4 aromatic rings. The molecule has 8 heteroatoms. The van der Waals surface area contributed by atoms with E-state index >= 15 is 0 Å². The number of benzene rings is 2. The van der Waals surface area contributed by atoms with Crippen molar-refractivity contribution in [2.45, 2.75) is 32.9 Å². The number of carbonyl (C=O) groups excluding carboxylic acids is 1. The van der Waals surface area contributed by atoms with E-state index in [1.165, 1.54) is 16.5 Å². The van der Waals surface area contributed by atoms with Gasteiger partial charge in [0.1, 0.15) is 17.6 Å². The summed E-state index contributed by atoms with van der Waals surface area (Å²) in [5.41, 5.74) is 3.49. The van der Waals surface area contributed by atoms with Crippen molar-refractivity contribution in [3.63, 3.8) is 0 Å². The Morgan fingerprint density at radius 2 is 1.81 bits per heavy atom. The maximum atomic E-state index is 13.0. The van der Waals surface area contributed by atoms with Crippen molar-refractivity contribution in [3.05, 3.63) is 64.2 Å². The number of hydrogen-bond donors (Lipinski definition) is 2. The van der Waals surface area contributed by atoms with Crippen LogP contribution < -0.4 is 20.3 Å². The minimum atomic E-state index is -0.319. The summed E-state index contributed by atoms with van der Waals surface area (Å²) in [6.45, 7) is 4.56. The van der Waals surface area contributed by atoms with Gasteiger partial charge in [0.25, 0.3) is 5.56 Å². The minimum Gasteiger partial charge on any atom is -0.493 e. The summed E-state index contributed by atoms with van der Waals surface area (Å²) < 4.78 is 12.0. The lowest BCUT2D eigenvalue weighted by molar-refractivity contribution is -0.121. The first-order chi connectivity index (χ1) is 15.4. The fourth-order valence-corrected chi connectivity index (χ4v) is 3.66. The van der Waals surface area contributed by atoms with Gasteiger partial charge in [-0.3, -0.25) is 14.2 Å². The summed E-state index contributed by atoms with van der Waals surface area (Å²) in [5, 5.41) is 3.60. The highest BCUT2D eigenvalue weighted by atomic mass is 16.5. The minimum absolute atomic E-state index is 0.117. The third kappa shape index (κ3) is 4.03. The van der Waals surface area contributed by atoms with Crippen LogP contribution in [0.1, 0.15) is 30.9 Å². The van der Waals surface area contributed by atoms with Gasteiger partial charge in [0.15, 0.2) is 11.5 Å². The average Bonchev–Trinajstić information content (AvgIpc) is 3.17. The van der Waals surface area contributed by atoms with Gasteiger partial charge in [0.05, 0.1) is 26.1 Å². The molecule has 0 atom stereocenters. The van der Waals surface area contributed by atoms with E-state index in [0.717, 1.165) is 10.9 Å². The van der Waals surface area contributed by atoms with Crippen LogP contribution in [0.3, 0.4) is 0 Å². The van der Waals surface area contributed by atoms with E-state index < -0.39 is 0 Å². The fraction of sp³-hybridized carbons (Fsp3) is 0.292. The van der Waals surface area contributed by atoms with Gasteiger partial charge in [-0.1, -0.05) is 38.1 Å². The predicted molar refractivity (Wildman–Crippen MR) is 123 cm³/mol. The summed E-state index contributed by atoms with van der Waals surface area (Å²) in [4.78, 5) is 32.9. The number of rotatable bonds is 7. The lowest BCUT2D eigenvalue weighted by Crippen LogP contribution is -2.32. The van der Waals surface area contributed by atoms with E-state index in [2.05, 4.69) is 41.3 Å². The van der Waals surface area contributed by atoms with Crippen molar-refractivity contribution in [1.29, 1.82) is 0 Å². The van der Waals surface area contributed by atoms with Gasteiger partial charge >= 0.3 is 0 Å². The lowest BCUT2D eigenvalue weighted by atomic mass is 10.0. The van der Waals surface area contributed by atoms with E-state index in [0.29, 0.717) is 40.5 Å². The highest BCUT2D eigenvalue weighted by Gasteiger charge is 2.16. The fourth-order valence-electron chi connectivity index (χ4n) is 3.66. The van der Waals surface area contributed by atoms with Crippen molar-refractivity contribution in [2.75, 3.05) is 14.2 Å². The zero-order valence-electron chi connectivity index (χ0n) is 18.6. The second-order valence-electron chi connectivity index (χ2n) is 7.95. The van der Waals surface area contributed by atoms with Crippen molar-refractivity contribution >= 4 is 27.8 Å². The molecule has 8 nitrogen and oxygen atoms in total. The Morgan fingerprint density at radius 3 is 2.47 bits per heavy atom. The molecule has 0 radical (unpaired) electrons. The van der Waals surface area contributed by atoms with Crippen LogP contribution in [-0.4, -0.2) is 34.7 Å². The molecule has 2 aromatic heterocycles. The number of H-pyrrole nitrogens is 1. The highest BCUT2D eigenvalue weighted by Crippen LogP contribution is 2.34. The molecular weight excluding hydrogens is 408 g/mol. The SMILES string of the molecule is COc1cc2[nH]c3c(=O)n(CC(=O)NCc4ccc(C(C)C)cc4)cnc3c2cc1OC. The summed E-state index contributed by atoms with van der Waals surface area (Å²) in [6.07, 6.45) is 1.39. The summed E-state index contributed by atoms with van der Waals surface area (Å²) in [6, 6.07) is 11.7. The van der Waals surface area contributed by atoms with Crippen molar-refractivity contribution < 1.29 is 14.3 Å². The van der Waals surface area contributed by atoms with E-state index in [9.17, 15) is 9.59 Å². The number of nitrogens with one attached hydrogen (secondary N) is 2. The average molecular weight is 434 g/mol. The number of amides is 1. The lowest BCUT2D eigenvalue weighted by Gasteiger charge is -2.09. The molecule has 0 aliphatic rings. The van der Waals surface area contributed by atoms with Crippen molar-refractivity contribution in [1.82, 2.24) is 19.9 Å². The molecule has 166 valence electrons. The second kappa shape index (κ2) is 8.74. The number of nitrogens with zero attached hydrogens (tertiary/aromatic N) is 2. The molecule has 0 fully saturated rings. The molecule has 0 saturated heterocycles. The van der Waals surface area contributed by atoms with Crippen LogP contribution in [0, 0.1) is 0 Å². The van der Waals surface area contributed by atoms with Gasteiger partial charge < -0.3 is 19.8 Å². The number of ether oxygens (including phenoxy) is 2. The van der Waals surface area contributed by atoms with Crippen LogP contribution in [0.2, 0.25) is 0 Å². The van der Waals surface area contributed by atoms with Crippen LogP contribution in [0.5, 0.6) is 11.5 Å². The number of aromatic amines is 1. The molecule has 0 aliphatic carbocycles. The summed E-state index contributed by atoms with van der Waals surface area (Å²) >= 11 is 0. The number of methoxy groups -OCH3 is 2. The first-order valence-corrected chi connectivity index (χ1v) is 10.4. The van der Waals surface area contributed by atoms with Crippen molar-refractivity contribution in [2.24, 2.45) is 0 Å². The van der Waals surface area contributed by atoms with Gasteiger partial charge in [0.2, 0.25) is 5.91 Å². The monoisotopic (exact) mass is 434 g/mol. The largest absolute Gasteiger partial charge is 0.493 e.